The Bertz CT molecular complexity index is 1400. The largest absolute Gasteiger partial charge is 0.472 e. The zero-order chi connectivity index (χ0) is 49.2. The summed E-state index contributed by atoms with van der Waals surface area (Å²) in [5.41, 5.74) is 0. The Morgan fingerprint density at radius 3 is 1.31 bits per heavy atom. The first kappa shape index (κ1) is 62.6. The number of aliphatic hydroxyl groups is 5. The zero-order valence-electron chi connectivity index (χ0n) is 41.4. The average molecular weight is 969 g/mol. The van der Waals surface area contributed by atoms with Gasteiger partial charge in [-0.2, -0.15) is 0 Å². The summed E-state index contributed by atoms with van der Waals surface area (Å²) in [6, 6.07) is 0. The molecule has 6 unspecified atom stereocenters. The minimum Gasteiger partial charge on any atom is -0.462 e. The van der Waals surface area contributed by atoms with E-state index in [0.717, 1.165) is 64.2 Å². The van der Waals surface area contributed by atoms with Gasteiger partial charge in [-0.15, -0.1) is 0 Å². The van der Waals surface area contributed by atoms with Crippen molar-refractivity contribution >= 4 is 19.8 Å². The first-order valence-electron chi connectivity index (χ1n) is 26.1. The van der Waals surface area contributed by atoms with Crippen molar-refractivity contribution in [2.24, 2.45) is 0 Å². The molecule has 0 aromatic heterocycles. The number of esters is 2. The lowest BCUT2D eigenvalue weighted by Gasteiger charge is -2.41. The van der Waals surface area contributed by atoms with Gasteiger partial charge in [-0.3, -0.25) is 18.6 Å². The lowest BCUT2D eigenvalue weighted by Crippen LogP contribution is -2.64. The first-order valence-corrected chi connectivity index (χ1v) is 27.6. The molecule has 1 saturated carbocycles. The molecular formula is C53H93O13P. The third-order valence-electron chi connectivity index (χ3n) is 11.8. The van der Waals surface area contributed by atoms with Crippen LogP contribution in [0.5, 0.6) is 0 Å². The Labute approximate surface area is 404 Å². The van der Waals surface area contributed by atoms with E-state index in [9.17, 15) is 44.6 Å². The van der Waals surface area contributed by atoms with E-state index in [1.165, 1.54) is 103 Å². The van der Waals surface area contributed by atoms with E-state index in [4.69, 9.17) is 18.5 Å². The fraction of sp³-hybridized carbons (Fsp3) is 0.774. The fourth-order valence-corrected chi connectivity index (χ4v) is 8.60. The highest BCUT2D eigenvalue weighted by Gasteiger charge is 2.51. The van der Waals surface area contributed by atoms with Crippen LogP contribution in [-0.4, -0.2) is 98.3 Å². The van der Waals surface area contributed by atoms with Crippen molar-refractivity contribution in [3.63, 3.8) is 0 Å². The minimum atomic E-state index is -5.13. The Morgan fingerprint density at radius 2 is 0.836 bits per heavy atom. The monoisotopic (exact) mass is 969 g/mol. The molecule has 0 saturated heterocycles. The first-order chi connectivity index (χ1) is 32.4. The van der Waals surface area contributed by atoms with E-state index in [2.05, 4.69) is 74.6 Å². The molecule has 0 bridgehead atoms. The molecule has 1 aliphatic carbocycles. The Kier molecular flexibility index (Phi) is 39.6. The van der Waals surface area contributed by atoms with Crippen LogP contribution in [0.3, 0.4) is 0 Å². The summed E-state index contributed by atoms with van der Waals surface area (Å²) in [4.78, 5) is 35.8. The van der Waals surface area contributed by atoms with E-state index in [-0.39, 0.29) is 12.8 Å². The van der Waals surface area contributed by atoms with Gasteiger partial charge >= 0.3 is 19.8 Å². The van der Waals surface area contributed by atoms with Crippen LogP contribution in [0, 0.1) is 0 Å². The fourth-order valence-electron chi connectivity index (χ4n) is 7.63. The number of aliphatic hydroxyl groups excluding tert-OH is 5. The highest BCUT2D eigenvalue weighted by Crippen LogP contribution is 2.47. The molecule has 67 heavy (non-hydrogen) atoms. The predicted octanol–water partition coefficient (Wildman–Crippen LogP) is 11.3. The van der Waals surface area contributed by atoms with E-state index in [1.54, 1.807) is 0 Å². The van der Waals surface area contributed by atoms with Crippen molar-refractivity contribution in [3.8, 4) is 0 Å². The summed E-state index contributed by atoms with van der Waals surface area (Å²) in [6.07, 6.45) is 39.8. The van der Waals surface area contributed by atoms with Crippen LogP contribution in [0.1, 0.15) is 206 Å². The van der Waals surface area contributed by atoms with Crippen molar-refractivity contribution in [2.75, 3.05) is 13.2 Å². The van der Waals surface area contributed by atoms with Crippen molar-refractivity contribution in [1.82, 2.24) is 0 Å². The van der Waals surface area contributed by atoms with Gasteiger partial charge in [-0.25, -0.2) is 4.57 Å². The molecule has 13 nitrogen and oxygen atoms in total. The molecule has 1 aliphatic rings. The van der Waals surface area contributed by atoms with Gasteiger partial charge < -0.3 is 39.9 Å². The molecule has 388 valence electrons. The molecule has 0 spiro atoms. The quantitative estimate of drug-likeness (QED) is 0.0146. The van der Waals surface area contributed by atoms with Crippen molar-refractivity contribution < 1.29 is 63.1 Å². The van der Waals surface area contributed by atoms with Crippen LogP contribution in [-0.2, 0) is 32.7 Å². The van der Waals surface area contributed by atoms with Crippen molar-refractivity contribution in [2.45, 2.75) is 249 Å². The summed E-state index contributed by atoms with van der Waals surface area (Å²) >= 11 is 0. The topological polar surface area (TPSA) is 210 Å². The lowest BCUT2D eigenvalue weighted by molar-refractivity contribution is -0.220. The number of phosphoric ester groups is 1. The molecule has 8 atom stereocenters. The SMILES string of the molecule is CCC/C=C/C/C=C/C/C=C/C/C=C/CCCCCC(=O)O[C@@H](COC(=O)CCCCCCCCCCCCC/C=C/CCCCCCCC)COP(=O)(O)OC1C(O)C(O)C(O)[C@H](O)C1O. The number of carbonyl (C=O) groups excluding carboxylic acids is 2. The van der Waals surface area contributed by atoms with E-state index >= 15 is 0 Å². The smallest absolute Gasteiger partial charge is 0.462 e. The minimum absolute atomic E-state index is 0.0575. The van der Waals surface area contributed by atoms with Gasteiger partial charge in [0, 0.05) is 12.8 Å². The number of hydrogen-bond donors (Lipinski definition) is 6. The molecule has 1 rings (SSSR count). The Morgan fingerprint density at radius 1 is 0.463 bits per heavy atom. The number of ether oxygens (including phenoxy) is 2. The number of phosphoric acid groups is 1. The number of allylic oxidation sites excluding steroid dienone is 10. The van der Waals surface area contributed by atoms with Crippen molar-refractivity contribution in [1.29, 1.82) is 0 Å². The standard InChI is InChI=1S/C53H93O13P/c1-3-5-7-9-11-13-15-17-19-21-22-23-24-26-27-29-31-33-35-37-39-41-46(54)63-43-45(44-64-67(61,62)66-53-51(59)49(57)48(56)50(58)52(53)60)65-47(55)42-40-38-36-34-32-30-28-25-20-18-16-14-12-10-8-6-4-2/h8,10,14,16-17,19-20,25,30,32,45,48-53,56-60H,3-7,9,11-13,15,18,21-24,26-29,31,33-44H2,1-2H3,(H,61,62)/b10-8+,16-14+,19-17+,25-20+,32-30+/t45-,48?,49-,50?,51?,52?,53?/m0/s1. The number of rotatable bonds is 43. The second kappa shape index (κ2) is 42.4. The zero-order valence-corrected chi connectivity index (χ0v) is 42.3. The summed E-state index contributed by atoms with van der Waals surface area (Å²) in [5, 5.41) is 50.3. The van der Waals surface area contributed by atoms with E-state index in [1.807, 2.05) is 0 Å². The number of hydrogen-bond acceptors (Lipinski definition) is 12. The molecular weight excluding hydrogens is 876 g/mol. The van der Waals surface area contributed by atoms with E-state index < -0.39 is 75.7 Å². The summed E-state index contributed by atoms with van der Waals surface area (Å²) in [6.45, 7) is 3.22. The normalized spacial score (nSPS) is 21.6. The van der Waals surface area contributed by atoms with Gasteiger partial charge in [-0.1, -0.05) is 177 Å². The lowest BCUT2D eigenvalue weighted by atomic mass is 9.85. The highest BCUT2D eigenvalue weighted by atomic mass is 31.2. The molecule has 0 heterocycles. The third-order valence-corrected chi connectivity index (χ3v) is 12.8. The predicted molar refractivity (Wildman–Crippen MR) is 267 cm³/mol. The molecule has 1 fully saturated rings. The van der Waals surface area contributed by atoms with Crippen molar-refractivity contribution in [3.05, 3.63) is 60.8 Å². The molecule has 0 radical (unpaired) electrons. The Balaban J connectivity index is 2.40. The van der Waals surface area contributed by atoms with Gasteiger partial charge in [0.15, 0.2) is 6.10 Å². The molecule has 0 aromatic carbocycles. The van der Waals surface area contributed by atoms with Crippen LogP contribution in [0.4, 0.5) is 0 Å². The van der Waals surface area contributed by atoms with Gasteiger partial charge in [0.25, 0.3) is 0 Å². The average Bonchev–Trinajstić information content (AvgIpc) is 3.31. The van der Waals surface area contributed by atoms with Crippen LogP contribution < -0.4 is 0 Å². The van der Waals surface area contributed by atoms with Crippen LogP contribution in [0.15, 0.2) is 60.8 Å². The van der Waals surface area contributed by atoms with Gasteiger partial charge in [0.2, 0.25) is 0 Å². The second-order valence-electron chi connectivity index (χ2n) is 18.0. The summed E-state index contributed by atoms with van der Waals surface area (Å²) < 4.78 is 33.6. The van der Waals surface area contributed by atoms with Crippen LogP contribution in [0.2, 0.25) is 0 Å². The van der Waals surface area contributed by atoms with Gasteiger partial charge in [-0.05, 0) is 77.0 Å². The Hall–Kier alpha value is -2.45. The highest BCUT2D eigenvalue weighted by molar-refractivity contribution is 7.47. The second-order valence-corrected chi connectivity index (χ2v) is 19.4. The summed E-state index contributed by atoms with van der Waals surface area (Å²) in [7, 11) is -5.13. The summed E-state index contributed by atoms with van der Waals surface area (Å²) in [5.74, 6) is -1.14. The maximum Gasteiger partial charge on any atom is 0.472 e. The van der Waals surface area contributed by atoms with Crippen LogP contribution in [0.25, 0.3) is 0 Å². The van der Waals surface area contributed by atoms with E-state index in [0.29, 0.717) is 12.8 Å². The molecule has 0 amide bonds. The number of carbonyl (C=O) groups is 2. The molecule has 0 aromatic rings. The molecule has 0 aliphatic heterocycles. The third kappa shape index (κ3) is 34.5. The maximum absolute atomic E-state index is 12.9. The number of unbranched alkanes of at least 4 members (excludes halogenated alkanes) is 21. The molecule has 6 N–H and O–H groups in total. The maximum atomic E-state index is 12.9. The van der Waals surface area contributed by atoms with Gasteiger partial charge in [0.1, 0.15) is 43.2 Å². The van der Waals surface area contributed by atoms with Gasteiger partial charge in [0.05, 0.1) is 6.61 Å². The molecule has 14 heteroatoms. The van der Waals surface area contributed by atoms with Crippen LogP contribution >= 0.6 is 7.82 Å².